The summed E-state index contributed by atoms with van der Waals surface area (Å²) in [5.74, 6) is 0.204. The zero-order valence-electron chi connectivity index (χ0n) is 23.8. The largest absolute Gasteiger partial charge is 0.489 e. The monoisotopic (exact) mass is 549 g/mol. The van der Waals surface area contributed by atoms with Gasteiger partial charge in [0.25, 0.3) is 0 Å². The van der Waals surface area contributed by atoms with Crippen molar-refractivity contribution in [3.63, 3.8) is 0 Å². The first-order valence-electron chi connectivity index (χ1n) is 12.8. The summed E-state index contributed by atoms with van der Waals surface area (Å²) in [5, 5.41) is 9.03. The van der Waals surface area contributed by atoms with Crippen molar-refractivity contribution in [2.75, 3.05) is 39.8 Å². The number of carbonyl (C=O) groups excluding carboxylic acids is 1. The molecule has 0 saturated carbocycles. The van der Waals surface area contributed by atoms with Gasteiger partial charge in [-0.1, -0.05) is 31.5 Å². The van der Waals surface area contributed by atoms with Crippen LogP contribution in [0.4, 0.5) is 4.39 Å². The molecule has 0 aliphatic carbocycles. The van der Waals surface area contributed by atoms with Crippen LogP contribution < -0.4 is 32.2 Å². The Morgan fingerprint density at radius 1 is 1.03 bits per heavy atom. The molecule has 0 aliphatic heterocycles. The van der Waals surface area contributed by atoms with Gasteiger partial charge in [0.05, 0.1) is 0 Å². The second-order valence-corrected chi connectivity index (χ2v) is 8.40. The minimum Gasteiger partial charge on any atom is -0.489 e. The maximum absolute atomic E-state index is 13.0. The molecule has 1 amide bonds. The molecular formula is C29H48FN5O2S. The number of benzene rings is 2. The quantitative estimate of drug-likeness (QED) is 0.140. The van der Waals surface area contributed by atoms with E-state index in [9.17, 15) is 9.18 Å². The lowest BCUT2D eigenvalue weighted by atomic mass is 10.2. The Labute approximate surface area is 234 Å². The highest BCUT2D eigenvalue weighted by atomic mass is 32.1. The fraction of sp³-hybridized carbons (Fsp3) is 0.414. The number of hydrogen-bond donors (Lipinski definition) is 6. The number of likely N-dealkylation sites (N-methyl/N-ethyl adjacent to an activating group) is 1. The number of nitrogens with two attached hydrogens (primary N) is 2. The number of nitrogens with one attached hydrogen (secondary N) is 3. The molecule has 0 unspecified atom stereocenters. The van der Waals surface area contributed by atoms with Crippen LogP contribution >= 0.6 is 12.6 Å². The van der Waals surface area contributed by atoms with Crippen molar-refractivity contribution < 1.29 is 13.9 Å². The van der Waals surface area contributed by atoms with E-state index in [1.807, 2.05) is 39.1 Å². The van der Waals surface area contributed by atoms with Crippen LogP contribution in [-0.4, -0.2) is 45.7 Å². The van der Waals surface area contributed by atoms with Crippen molar-refractivity contribution >= 4 is 18.5 Å². The number of carbonyl (C=O) groups is 1. The molecule has 0 fully saturated rings. The first-order chi connectivity index (χ1) is 18.2. The van der Waals surface area contributed by atoms with Crippen molar-refractivity contribution in [2.24, 2.45) is 11.5 Å². The Balaban J connectivity index is 0. The Hall–Kier alpha value is -3.01. The summed E-state index contributed by atoms with van der Waals surface area (Å²) in [6.45, 7) is 13.3. The van der Waals surface area contributed by atoms with Gasteiger partial charge >= 0.3 is 0 Å². The van der Waals surface area contributed by atoms with E-state index in [1.54, 1.807) is 19.1 Å². The molecule has 2 rings (SSSR count). The molecule has 0 aromatic heterocycles. The molecule has 0 radical (unpaired) electrons. The van der Waals surface area contributed by atoms with Gasteiger partial charge in [-0.2, -0.15) is 0 Å². The molecular weight excluding hydrogens is 501 g/mol. The zero-order valence-corrected chi connectivity index (χ0v) is 24.7. The summed E-state index contributed by atoms with van der Waals surface area (Å²) >= 11 is 4.15. The van der Waals surface area contributed by atoms with Crippen molar-refractivity contribution in [1.82, 2.24) is 16.0 Å². The number of aryl methyl sites for hydroxylation is 2. The van der Waals surface area contributed by atoms with Crippen LogP contribution in [0.5, 0.6) is 5.75 Å². The number of hydrogen-bond acceptors (Lipinski definition) is 7. The average molecular weight is 550 g/mol. The number of thiol groups is 1. The van der Waals surface area contributed by atoms with E-state index in [0.717, 1.165) is 48.6 Å². The molecule has 38 heavy (non-hydrogen) atoms. The molecule has 214 valence electrons. The summed E-state index contributed by atoms with van der Waals surface area (Å²) in [5.41, 5.74) is 13.4. The van der Waals surface area contributed by atoms with Crippen LogP contribution in [0.2, 0.25) is 0 Å². The Morgan fingerprint density at radius 3 is 2.24 bits per heavy atom. The maximum Gasteiger partial charge on any atom is 0.216 e. The van der Waals surface area contributed by atoms with Gasteiger partial charge in [0.15, 0.2) is 0 Å². The highest BCUT2D eigenvalue weighted by Gasteiger charge is 2.00. The minimum absolute atomic E-state index is 0.0465. The molecule has 2 aromatic rings. The van der Waals surface area contributed by atoms with Crippen LogP contribution in [0.15, 0.2) is 71.4 Å². The molecule has 0 atom stereocenters. The fourth-order valence-electron chi connectivity index (χ4n) is 2.67. The standard InChI is InChI=1S/C12H15FN2O.C8H19N3O.C7H8S.C2H6/c1-9-4-11(13)6-12(5-9)16-8-10(7-15)2-3-14;1-8(12)11-5-3-4-10-7-6-9-2;1-6-3-2-4-7(8)5-6;1-2/h2-7H,8,14-15H2,1H3;9-10H,3-7H2,1-2H3,(H,11,12);2-5,8H,1H3;1-2H3/b3-2-,10-7+;;;. The van der Waals surface area contributed by atoms with Gasteiger partial charge < -0.3 is 32.2 Å². The molecule has 9 heteroatoms. The summed E-state index contributed by atoms with van der Waals surface area (Å²) in [6.07, 6.45) is 5.39. The number of ether oxygens (including phenoxy) is 1. The Morgan fingerprint density at radius 2 is 1.74 bits per heavy atom. The molecule has 2 aromatic carbocycles. The third kappa shape index (κ3) is 23.4. The summed E-state index contributed by atoms with van der Waals surface area (Å²) in [7, 11) is 1.93. The van der Waals surface area contributed by atoms with Crippen LogP contribution in [0.1, 0.15) is 38.3 Å². The lowest BCUT2D eigenvalue weighted by Gasteiger charge is -2.07. The minimum atomic E-state index is -0.317. The van der Waals surface area contributed by atoms with Gasteiger partial charge in [0, 0.05) is 49.3 Å². The van der Waals surface area contributed by atoms with E-state index in [4.69, 9.17) is 16.2 Å². The topological polar surface area (TPSA) is 114 Å². The number of amides is 1. The first-order valence-corrected chi connectivity index (χ1v) is 13.2. The number of rotatable bonds is 11. The van der Waals surface area contributed by atoms with E-state index in [2.05, 4.69) is 41.6 Å². The third-order valence-corrected chi connectivity index (χ3v) is 4.68. The normalized spacial score (nSPS) is 10.3. The van der Waals surface area contributed by atoms with E-state index in [-0.39, 0.29) is 18.3 Å². The van der Waals surface area contributed by atoms with Crippen LogP contribution in [0.25, 0.3) is 0 Å². The van der Waals surface area contributed by atoms with Gasteiger partial charge in [-0.15, -0.1) is 12.6 Å². The maximum atomic E-state index is 13.0. The highest BCUT2D eigenvalue weighted by molar-refractivity contribution is 7.80. The van der Waals surface area contributed by atoms with Gasteiger partial charge in [0.2, 0.25) is 5.91 Å². The molecule has 7 nitrogen and oxygen atoms in total. The summed E-state index contributed by atoms with van der Waals surface area (Å²) in [6, 6.07) is 12.6. The van der Waals surface area contributed by atoms with Gasteiger partial charge in [-0.3, -0.25) is 4.79 Å². The van der Waals surface area contributed by atoms with E-state index < -0.39 is 0 Å². The van der Waals surface area contributed by atoms with Crippen molar-refractivity contribution in [3.8, 4) is 5.75 Å². The fourth-order valence-corrected chi connectivity index (χ4v) is 2.96. The van der Waals surface area contributed by atoms with Gasteiger partial charge in [-0.05, 0) is 76.0 Å². The predicted molar refractivity (Wildman–Crippen MR) is 162 cm³/mol. The van der Waals surface area contributed by atoms with Crippen LogP contribution in [0, 0.1) is 19.7 Å². The summed E-state index contributed by atoms with van der Waals surface area (Å²) in [4.78, 5) is 11.5. The molecule has 0 aliphatic rings. The molecule has 0 bridgehead atoms. The van der Waals surface area contributed by atoms with E-state index >= 15 is 0 Å². The molecule has 7 N–H and O–H groups in total. The van der Waals surface area contributed by atoms with Gasteiger partial charge in [-0.25, -0.2) is 4.39 Å². The second kappa shape index (κ2) is 25.6. The highest BCUT2D eigenvalue weighted by Crippen LogP contribution is 2.16. The SMILES string of the molecule is CC.CNCCNCCCNC(C)=O.Cc1cc(F)cc(OCC(/C=C\N)=C/N)c1.Cc1cccc(S)c1. The Kier molecular flexibility index (Phi) is 25.1. The third-order valence-electron chi connectivity index (χ3n) is 4.40. The van der Waals surface area contributed by atoms with E-state index in [1.165, 1.54) is 37.0 Å². The average Bonchev–Trinajstić information content (AvgIpc) is 2.87. The zero-order chi connectivity index (χ0) is 29.2. The van der Waals surface area contributed by atoms with Crippen molar-refractivity contribution in [3.05, 3.63) is 83.5 Å². The lowest BCUT2D eigenvalue weighted by Crippen LogP contribution is -2.28. The first kappa shape index (κ1) is 37.1. The predicted octanol–water partition coefficient (Wildman–Crippen LogP) is 4.46. The summed E-state index contributed by atoms with van der Waals surface area (Å²) < 4.78 is 18.4. The molecule has 0 saturated heterocycles. The van der Waals surface area contributed by atoms with E-state index in [0.29, 0.717) is 5.75 Å². The number of halogens is 1. The van der Waals surface area contributed by atoms with Crippen molar-refractivity contribution in [2.45, 2.75) is 45.9 Å². The van der Waals surface area contributed by atoms with Crippen LogP contribution in [-0.2, 0) is 4.79 Å². The smallest absolute Gasteiger partial charge is 0.216 e. The van der Waals surface area contributed by atoms with Gasteiger partial charge in [0.1, 0.15) is 18.2 Å². The second-order valence-electron chi connectivity index (χ2n) is 7.88. The van der Waals surface area contributed by atoms with Crippen molar-refractivity contribution in [1.29, 1.82) is 0 Å². The molecule has 0 spiro atoms. The Bertz CT molecular complexity index is 901. The lowest BCUT2D eigenvalue weighted by molar-refractivity contribution is -0.118. The molecule has 0 heterocycles. The van der Waals surface area contributed by atoms with Crippen LogP contribution in [0.3, 0.4) is 0 Å².